The standard InChI is InChI=1S/C46H36N2O4/c49-43-39-33(29-15-5-1-6-16-29)25-26-34(30-17-7-2-8-18-30)40(39)44(50)47(43)37-23-13-14-24-38(37)48-45(51)41-35(31-19-9-3-10-20-31)27-28-36(42(41)46(48)52)32-21-11-4-12-22-32/h1-28,33-36,39-42H/t33-,34+,35-,36+,39+,40-,41+,42-. The van der Waals surface area contributed by atoms with E-state index >= 15 is 0 Å². The van der Waals surface area contributed by atoms with Gasteiger partial charge in [-0.1, -0.05) is 158 Å². The minimum absolute atomic E-state index is 0.256. The van der Waals surface area contributed by atoms with Crippen LogP contribution in [0, 0.1) is 23.7 Å². The summed E-state index contributed by atoms with van der Waals surface area (Å²) in [6.07, 6.45) is 8.25. The molecule has 6 nitrogen and oxygen atoms in total. The molecule has 0 N–H and O–H groups in total. The van der Waals surface area contributed by atoms with Gasteiger partial charge >= 0.3 is 0 Å². The summed E-state index contributed by atoms with van der Waals surface area (Å²) in [6.45, 7) is 0. The number of carbonyl (C=O) groups is 4. The molecule has 5 aromatic rings. The monoisotopic (exact) mass is 680 g/mol. The SMILES string of the molecule is O=C1[C@@H]2[C@H](C(=O)N1c1ccccc1N1C(=O)[C@@H]3[C@H](C1=O)[C@H](c1ccccc1)C=C[C@@H]3c1ccccc1)[C@H](c1ccccc1)C=C[C@@H]2c1ccccc1. The topological polar surface area (TPSA) is 74.8 Å². The Kier molecular flexibility index (Phi) is 7.88. The summed E-state index contributed by atoms with van der Waals surface area (Å²) < 4.78 is 0. The molecule has 2 saturated heterocycles. The Bertz CT molecular complexity index is 1940. The Morgan fingerprint density at radius 1 is 0.288 bits per heavy atom. The van der Waals surface area contributed by atoms with Gasteiger partial charge in [-0.15, -0.1) is 0 Å². The van der Waals surface area contributed by atoms with Crippen LogP contribution in [0.4, 0.5) is 11.4 Å². The fourth-order valence-corrected chi connectivity index (χ4v) is 9.19. The van der Waals surface area contributed by atoms with Crippen molar-refractivity contribution < 1.29 is 19.2 Å². The molecule has 0 aromatic heterocycles. The minimum Gasteiger partial charge on any atom is -0.274 e. The molecule has 4 aliphatic rings. The molecule has 5 aromatic carbocycles. The van der Waals surface area contributed by atoms with Crippen molar-refractivity contribution >= 4 is 35.0 Å². The van der Waals surface area contributed by atoms with E-state index in [-0.39, 0.29) is 58.7 Å². The van der Waals surface area contributed by atoms with Crippen molar-refractivity contribution in [1.29, 1.82) is 0 Å². The Morgan fingerprint density at radius 2 is 0.500 bits per heavy atom. The molecule has 254 valence electrons. The number of carbonyl (C=O) groups excluding carboxylic acids is 4. The zero-order valence-electron chi connectivity index (χ0n) is 28.3. The number of rotatable bonds is 6. The van der Waals surface area contributed by atoms with Gasteiger partial charge < -0.3 is 0 Å². The van der Waals surface area contributed by atoms with Gasteiger partial charge in [0.1, 0.15) is 0 Å². The van der Waals surface area contributed by atoms with Crippen molar-refractivity contribution in [3.63, 3.8) is 0 Å². The molecular weight excluding hydrogens is 645 g/mol. The number of hydrogen-bond acceptors (Lipinski definition) is 4. The molecule has 2 aliphatic carbocycles. The van der Waals surface area contributed by atoms with Gasteiger partial charge in [0.05, 0.1) is 35.0 Å². The first-order valence-corrected chi connectivity index (χ1v) is 17.9. The molecule has 0 spiro atoms. The van der Waals surface area contributed by atoms with Crippen LogP contribution in [-0.4, -0.2) is 23.6 Å². The quantitative estimate of drug-likeness (QED) is 0.134. The number of anilines is 2. The molecule has 52 heavy (non-hydrogen) atoms. The second kappa shape index (κ2) is 12.9. The third-order valence-electron chi connectivity index (χ3n) is 11.5. The minimum atomic E-state index is -0.667. The van der Waals surface area contributed by atoms with E-state index in [1.54, 1.807) is 24.3 Å². The largest absolute Gasteiger partial charge is 0.274 e. The van der Waals surface area contributed by atoms with Crippen LogP contribution in [0.1, 0.15) is 45.9 Å². The number of allylic oxidation sites excluding steroid dienone is 4. The highest BCUT2D eigenvalue weighted by atomic mass is 16.2. The first-order valence-electron chi connectivity index (χ1n) is 17.9. The van der Waals surface area contributed by atoms with E-state index in [2.05, 4.69) is 24.3 Å². The van der Waals surface area contributed by atoms with Crippen molar-refractivity contribution in [2.24, 2.45) is 23.7 Å². The second-order valence-corrected chi connectivity index (χ2v) is 14.1. The Labute approximate surface area is 302 Å². The number of imide groups is 2. The van der Waals surface area contributed by atoms with Crippen LogP contribution in [0.2, 0.25) is 0 Å². The average molecular weight is 681 g/mol. The van der Waals surface area contributed by atoms with Crippen molar-refractivity contribution in [2.75, 3.05) is 9.80 Å². The molecule has 2 aliphatic heterocycles. The van der Waals surface area contributed by atoms with Crippen LogP contribution in [-0.2, 0) is 19.2 Å². The van der Waals surface area contributed by atoms with Crippen molar-refractivity contribution in [3.8, 4) is 0 Å². The summed E-state index contributed by atoms with van der Waals surface area (Å²) in [5, 5.41) is 0. The van der Waals surface area contributed by atoms with E-state index < -0.39 is 23.7 Å². The first kappa shape index (κ1) is 31.8. The third-order valence-corrected chi connectivity index (χ3v) is 11.5. The van der Waals surface area contributed by atoms with Gasteiger partial charge in [-0.05, 0) is 34.4 Å². The lowest BCUT2D eigenvalue weighted by atomic mass is 9.68. The molecular formula is C46H36N2O4. The molecule has 0 radical (unpaired) electrons. The van der Waals surface area contributed by atoms with Crippen LogP contribution in [0.5, 0.6) is 0 Å². The van der Waals surface area contributed by atoms with E-state index in [0.717, 1.165) is 22.3 Å². The Hall–Kier alpha value is -6.14. The normalized spacial score (nSPS) is 27.9. The number of hydrogen-bond donors (Lipinski definition) is 0. The Morgan fingerprint density at radius 3 is 0.731 bits per heavy atom. The van der Waals surface area contributed by atoms with E-state index in [9.17, 15) is 19.2 Å². The fraction of sp³-hybridized carbons (Fsp3) is 0.174. The highest BCUT2D eigenvalue weighted by Crippen LogP contribution is 2.54. The first-order chi connectivity index (χ1) is 25.5. The van der Waals surface area contributed by atoms with Crippen LogP contribution < -0.4 is 9.80 Å². The zero-order valence-corrected chi connectivity index (χ0v) is 28.3. The van der Waals surface area contributed by atoms with Gasteiger partial charge in [-0.25, -0.2) is 9.80 Å². The smallest absolute Gasteiger partial charge is 0.238 e. The fourth-order valence-electron chi connectivity index (χ4n) is 9.19. The predicted molar refractivity (Wildman–Crippen MR) is 200 cm³/mol. The summed E-state index contributed by atoms with van der Waals surface area (Å²) in [6, 6.07) is 46.1. The van der Waals surface area contributed by atoms with Gasteiger partial charge in [-0.2, -0.15) is 0 Å². The van der Waals surface area contributed by atoms with Gasteiger partial charge in [-0.3, -0.25) is 19.2 Å². The van der Waals surface area contributed by atoms with Crippen molar-refractivity contribution in [1.82, 2.24) is 0 Å². The van der Waals surface area contributed by atoms with Crippen molar-refractivity contribution in [3.05, 3.63) is 192 Å². The molecule has 0 bridgehead atoms. The average Bonchev–Trinajstić information content (AvgIpc) is 3.63. The lowest BCUT2D eigenvalue weighted by Crippen LogP contribution is -2.37. The maximum Gasteiger partial charge on any atom is 0.238 e. The molecule has 0 saturated carbocycles. The van der Waals surface area contributed by atoms with E-state index in [4.69, 9.17) is 0 Å². The van der Waals surface area contributed by atoms with Crippen LogP contribution in [0.25, 0.3) is 0 Å². The molecule has 0 unspecified atom stereocenters. The van der Waals surface area contributed by atoms with Gasteiger partial charge in [0, 0.05) is 23.7 Å². The molecule has 2 fully saturated rings. The molecule has 6 heteroatoms. The lowest BCUT2D eigenvalue weighted by Gasteiger charge is -2.32. The van der Waals surface area contributed by atoms with Gasteiger partial charge in [0.2, 0.25) is 23.6 Å². The third kappa shape index (κ3) is 5.01. The second-order valence-electron chi connectivity index (χ2n) is 14.1. The number of benzene rings is 5. The van der Waals surface area contributed by atoms with Crippen LogP contribution in [0.3, 0.4) is 0 Å². The summed E-state index contributed by atoms with van der Waals surface area (Å²) >= 11 is 0. The number of fused-ring (bicyclic) bond motifs is 2. The molecule has 4 amide bonds. The van der Waals surface area contributed by atoms with E-state index in [0.29, 0.717) is 0 Å². The maximum absolute atomic E-state index is 14.8. The molecule has 2 heterocycles. The lowest BCUT2D eigenvalue weighted by molar-refractivity contribution is -0.124. The number of para-hydroxylation sites is 2. The summed E-state index contributed by atoms with van der Waals surface area (Å²) in [7, 11) is 0. The van der Waals surface area contributed by atoms with Crippen molar-refractivity contribution in [2.45, 2.75) is 23.7 Å². The number of nitrogens with zero attached hydrogens (tertiary/aromatic N) is 2. The molecule has 9 rings (SSSR count). The summed E-state index contributed by atoms with van der Waals surface area (Å²) in [4.78, 5) is 61.9. The van der Waals surface area contributed by atoms with E-state index in [1.807, 2.05) is 121 Å². The van der Waals surface area contributed by atoms with E-state index in [1.165, 1.54) is 9.80 Å². The Balaban J connectivity index is 1.15. The van der Waals surface area contributed by atoms with Gasteiger partial charge in [0.15, 0.2) is 0 Å². The number of amides is 4. The molecule has 8 atom stereocenters. The zero-order chi connectivity index (χ0) is 35.3. The highest BCUT2D eigenvalue weighted by molar-refractivity contribution is 6.28. The summed E-state index contributed by atoms with van der Waals surface area (Å²) in [5.74, 6) is -5.26. The van der Waals surface area contributed by atoms with Crippen LogP contribution in [0.15, 0.2) is 170 Å². The maximum atomic E-state index is 14.8. The summed E-state index contributed by atoms with van der Waals surface area (Å²) in [5.41, 5.74) is 4.33. The van der Waals surface area contributed by atoms with Gasteiger partial charge in [0.25, 0.3) is 0 Å². The highest BCUT2D eigenvalue weighted by Gasteiger charge is 2.59. The van der Waals surface area contributed by atoms with Crippen LogP contribution >= 0.6 is 0 Å². The predicted octanol–water partition coefficient (Wildman–Crippen LogP) is 8.17.